The van der Waals surface area contributed by atoms with Gasteiger partial charge >= 0.3 is 0 Å². The second kappa shape index (κ2) is 5.27. The summed E-state index contributed by atoms with van der Waals surface area (Å²) in [7, 11) is 0. The molecule has 3 N–H and O–H groups in total. The second-order valence-corrected chi connectivity index (χ2v) is 4.21. The van der Waals surface area contributed by atoms with E-state index in [1.807, 2.05) is 0 Å². The number of aliphatic hydroxyl groups is 1. The Morgan fingerprint density at radius 1 is 1.56 bits per heavy atom. The van der Waals surface area contributed by atoms with Gasteiger partial charge in [-0.1, -0.05) is 0 Å². The van der Waals surface area contributed by atoms with Crippen molar-refractivity contribution in [1.82, 2.24) is 20.5 Å². The maximum atomic E-state index is 8.74. The van der Waals surface area contributed by atoms with Crippen LogP contribution in [0.25, 0.3) is 0 Å². The minimum Gasteiger partial charge on any atom is -0.396 e. The molecule has 0 spiro atoms. The molecule has 1 aliphatic rings. The molecule has 0 aromatic carbocycles. The zero-order valence-electron chi connectivity index (χ0n) is 9.61. The summed E-state index contributed by atoms with van der Waals surface area (Å²) < 4.78 is 0. The Morgan fingerprint density at radius 2 is 2.44 bits per heavy atom. The van der Waals surface area contributed by atoms with E-state index in [-0.39, 0.29) is 6.61 Å². The van der Waals surface area contributed by atoms with E-state index >= 15 is 0 Å². The van der Waals surface area contributed by atoms with Gasteiger partial charge in [0.25, 0.3) is 0 Å². The molecule has 0 radical (unpaired) electrons. The number of nitrogens with zero attached hydrogens (tertiary/aromatic N) is 3. The number of H-pyrrole nitrogens is 1. The average Bonchev–Trinajstić information content (AvgIpc) is 2.75. The predicted octanol–water partition coefficient (Wildman–Crippen LogP) is -0.472. The van der Waals surface area contributed by atoms with E-state index in [0.29, 0.717) is 6.04 Å². The fourth-order valence-corrected chi connectivity index (χ4v) is 1.90. The minimum absolute atomic E-state index is 0.195. The largest absolute Gasteiger partial charge is 0.396 e. The number of aromatic amines is 1. The van der Waals surface area contributed by atoms with Crippen LogP contribution in [0.5, 0.6) is 0 Å². The Morgan fingerprint density at radius 3 is 3.19 bits per heavy atom. The van der Waals surface area contributed by atoms with Gasteiger partial charge in [-0.05, 0) is 13.3 Å². The van der Waals surface area contributed by atoms with Crippen LogP contribution < -0.4 is 10.2 Å². The highest BCUT2D eigenvalue weighted by molar-refractivity contribution is 5.30. The molecule has 6 nitrogen and oxygen atoms in total. The number of rotatable bonds is 4. The van der Waals surface area contributed by atoms with Gasteiger partial charge < -0.3 is 15.3 Å². The monoisotopic (exact) mass is 225 g/mol. The SMILES string of the molecule is C[C@@H]1CN(c2n[nH]c(CCCO)n2)CCN1. The lowest BCUT2D eigenvalue weighted by Gasteiger charge is -2.30. The van der Waals surface area contributed by atoms with Crippen molar-refractivity contribution in [3.8, 4) is 0 Å². The van der Waals surface area contributed by atoms with Crippen LogP contribution in [-0.2, 0) is 6.42 Å². The summed E-state index contributed by atoms with van der Waals surface area (Å²) in [5.74, 6) is 1.64. The van der Waals surface area contributed by atoms with Crippen LogP contribution in [-0.4, -0.2) is 52.6 Å². The Kier molecular flexibility index (Phi) is 3.74. The Labute approximate surface area is 95.1 Å². The molecule has 1 fully saturated rings. The third-order valence-corrected chi connectivity index (χ3v) is 2.74. The normalized spacial score (nSPS) is 21.4. The maximum Gasteiger partial charge on any atom is 0.244 e. The quantitative estimate of drug-likeness (QED) is 0.645. The molecule has 2 heterocycles. The van der Waals surface area contributed by atoms with Crippen LogP contribution in [0.2, 0.25) is 0 Å². The smallest absolute Gasteiger partial charge is 0.244 e. The van der Waals surface area contributed by atoms with Crippen molar-refractivity contribution in [3.05, 3.63) is 5.82 Å². The van der Waals surface area contributed by atoms with E-state index in [1.165, 1.54) is 0 Å². The molecule has 1 aromatic rings. The molecule has 16 heavy (non-hydrogen) atoms. The van der Waals surface area contributed by atoms with Crippen molar-refractivity contribution in [2.45, 2.75) is 25.8 Å². The van der Waals surface area contributed by atoms with Gasteiger partial charge in [0.15, 0.2) is 0 Å². The number of hydrogen-bond acceptors (Lipinski definition) is 5. The van der Waals surface area contributed by atoms with Crippen LogP contribution >= 0.6 is 0 Å². The van der Waals surface area contributed by atoms with Gasteiger partial charge in [-0.25, -0.2) is 0 Å². The first-order valence-corrected chi connectivity index (χ1v) is 5.80. The van der Waals surface area contributed by atoms with E-state index < -0.39 is 0 Å². The topological polar surface area (TPSA) is 77.1 Å². The second-order valence-electron chi connectivity index (χ2n) is 4.21. The van der Waals surface area contributed by atoms with Gasteiger partial charge in [-0.15, -0.1) is 5.10 Å². The third-order valence-electron chi connectivity index (χ3n) is 2.74. The number of aliphatic hydroxyl groups excluding tert-OH is 1. The van der Waals surface area contributed by atoms with Gasteiger partial charge in [0.05, 0.1) is 0 Å². The highest BCUT2D eigenvalue weighted by Gasteiger charge is 2.18. The molecule has 1 aliphatic heterocycles. The standard InChI is InChI=1S/C10H19N5O/c1-8-7-15(5-4-11-8)10-12-9(13-14-10)3-2-6-16/h8,11,16H,2-7H2,1H3,(H,12,13,14)/t8-/m1/s1. The summed E-state index contributed by atoms with van der Waals surface area (Å²) >= 11 is 0. The number of aryl methyl sites for hydroxylation is 1. The first-order chi connectivity index (χ1) is 7.79. The number of hydrogen-bond donors (Lipinski definition) is 3. The number of nitrogens with one attached hydrogen (secondary N) is 2. The van der Waals surface area contributed by atoms with Gasteiger partial charge in [0.1, 0.15) is 5.82 Å². The lowest BCUT2D eigenvalue weighted by Crippen LogP contribution is -2.49. The van der Waals surface area contributed by atoms with Crippen molar-refractivity contribution in [2.75, 3.05) is 31.1 Å². The van der Waals surface area contributed by atoms with Gasteiger partial charge in [-0.3, -0.25) is 5.10 Å². The lowest BCUT2D eigenvalue weighted by molar-refractivity contribution is 0.287. The molecule has 0 unspecified atom stereocenters. The Bertz CT molecular complexity index is 327. The molecule has 0 amide bonds. The van der Waals surface area contributed by atoms with E-state index in [1.54, 1.807) is 0 Å². The molecule has 1 aromatic heterocycles. The highest BCUT2D eigenvalue weighted by atomic mass is 16.2. The first-order valence-electron chi connectivity index (χ1n) is 5.80. The van der Waals surface area contributed by atoms with Crippen molar-refractivity contribution in [3.63, 3.8) is 0 Å². The van der Waals surface area contributed by atoms with E-state index in [0.717, 1.165) is 44.2 Å². The van der Waals surface area contributed by atoms with Gasteiger partial charge in [-0.2, -0.15) is 4.98 Å². The van der Waals surface area contributed by atoms with Crippen molar-refractivity contribution >= 4 is 5.95 Å². The molecule has 1 saturated heterocycles. The zero-order chi connectivity index (χ0) is 11.4. The van der Waals surface area contributed by atoms with E-state index in [2.05, 4.69) is 32.3 Å². The highest BCUT2D eigenvalue weighted by Crippen LogP contribution is 2.10. The molecule has 6 heteroatoms. The number of aromatic nitrogens is 3. The summed E-state index contributed by atoms with van der Waals surface area (Å²) in [5, 5.41) is 19.2. The zero-order valence-corrected chi connectivity index (χ0v) is 9.61. The summed E-state index contributed by atoms with van der Waals surface area (Å²) in [4.78, 5) is 6.61. The van der Waals surface area contributed by atoms with Crippen LogP contribution in [0.15, 0.2) is 0 Å². The van der Waals surface area contributed by atoms with Crippen molar-refractivity contribution in [1.29, 1.82) is 0 Å². The van der Waals surface area contributed by atoms with Crippen molar-refractivity contribution in [2.24, 2.45) is 0 Å². The molecule has 1 atom stereocenters. The molecular weight excluding hydrogens is 206 g/mol. The van der Waals surface area contributed by atoms with Crippen molar-refractivity contribution < 1.29 is 5.11 Å². The molecule has 90 valence electrons. The van der Waals surface area contributed by atoms with Gasteiger partial charge in [0, 0.05) is 38.7 Å². The third kappa shape index (κ3) is 2.70. The summed E-state index contributed by atoms with van der Waals surface area (Å²) in [5.41, 5.74) is 0. The van der Waals surface area contributed by atoms with E-state index in [9.17, 15) is 0 Å². The molecule has 0 aliphatic carbocycles. The molecular formula is C10H19N5O. The van der Waals surface area contributed by atoms with Crippen LogP contribution in [0.4, 0.5) is 5.95 Å². The van der Waals surface area contributed by atoms with Crippen LogP contribution in [0, 0.1) is 0 Å². The van der Waals surface area contributed by atoms with Crippen LogP contribution in [0.1, 0.15) is 19.2 Å². The Hall–Kier alpha value is -1.14. The molecule has 0 bridgehead atoms. The summed E-state index contributed by atoms with van der Waals surface area (Å²) in [6, 6.07) is 0.480. The fraction of sp³-hybridized carbons (Fsp3) is 0.800. The molecule has 0 saturated carbocycles. The number of anilines is 1. The minimum atomic E-state index is 0.195. The maximum absolute atomic E-state index is 8.74. The average molecular weight is 225 g/mol. The van der Waals surface area contributed by atoms with Crippen LogP contribution in [0.3, 0.4) is 0 Å². The lowest BCUT2D eigenvalue weighted by atomic mass is 10.2. The summed E-state index contributed by atoms with van der Waals surface area (Å²) in [6.07, 6.45) is 1.48. The summed E-state index contributed by atoms with van der Waals surface area (Å²) in [6.45, 7) is 5.22. The van der Waals surface area contributed by atoms with Gasteiger partial charge in [0.2, 0.25) is 5.95 Å². The number of piperazine rings is 1. The predicted molar refractivity (Wildman–Crippen MR) is 61.5 cm³/mol. The Balaban J connectivity index is 1.95. The first kappa shape index (κ1) is 11.3. The molecule has 2 rings (SSSR count). The fourth-order valence-electron chi connectivity index (χ4n) is 1.90. The van der Waals surface area contributed by atoms with E-state index in [4.69, 9.17) is 5.11 Å².